The van der Waals surface area contributed by atoms with Crippen LogP contribution in [0.5, 0.6) is 5.75 Å². The third-order valence-electron chi connectivity index (χ3n) is 2.90. The van der Waals surface area contributed by atoms with E-state index in [4.69, 9.17) is 10.5 Å². The van der Waals surface area contributed by atoms with Crippen LogP contribution in [0, 0.1) is 21.8 Å². The minimum absolute atomic E-state index is 0.00930. The third-order valence-corrected chi connectivity index (χ3v) is 2.90. The molecular formula is C11H13FN2O3. The summed E-state index contributed by atoms with van der Waals surface area (Å²) in [6.07, 6.45) is 1.63. The number of nitrogens with two attached hydrogens (primary N) is 1. The highest BCUT2D eigenvalue weighted by molar-refractivity contribution is 5.39. The first-order valence-corrected chi connectivity index (χ1v) is 5.40. The second-order valence-corrected chi connectivity index (χ2v) is 4.22. The predicted molar refractivity (Wildman–Crippen MR) is 59.2 cm³/mol. The lowest BCUT2D eigenvalue weighted by Gasteiger charge is -2.34. The molecule has 17 heavy (non-hydrogen) atoms. The van der Waals surface area contributed by atoms with Gasteiger partial charge in [0.05, 0.1) is 23.2 Å². The maximum Gasteiger partial charge on any atom is 0.276 e. The van der Waals surface area contributed by atoms with Crippen LogP contribution in [0.25, 0.3) is 0 Å². The molecule has 6 heteroatoms. The van der Waals surface area contributed by atoms with E-state index in [2.05, 4.69) is 0 Å². The number of hydrogen-bond donors (Lipinski definition) is 1. The summed E-state index contributed by atoms with van der Waals surface area (Å²) in [7, 11) is 0. The molecule has 0 unspecified atom stereocenters. The highest BCUT2D eigenvalue weighted by Crippen LogP contribution is 2.32. The van der Waals surface area contributed by atoms with Crippen molar-refractivity contribution in [2.45, 2.75) is 18.9 Å². The fourth-order valence-electron chi connectivity index (χ4n) is 1.88. The highest BCUT2D eigenvalue weighted by atomic mass is 19.1. The average Bonchev–Trinajstić information content (AvgIpc) is 2.21. The first-order valence-electron chi connectivity index (χ1n) is 5.40. The molecule has 1 aromatic carbocycles. The molecule has 1 fully saturated rings. The normalized spacial score (nSPS) is 22.9. The first kappa shape index (κ1) is 11.8. The Hall–Kier alpha value is -1.69. The van der Waals surface area contributed by atoms with E-state index in [0.717, 1.165) is 25.0 Å². The van der Waals surface area contributed by atoms with Gasteiger partial charge >= 0.3 is 0 Å². The lowest BCUT2D eigenvalue weighted by Crippen LogP contribution is -2.37. The molecule has 1 aromatic rings. The Balaban J connectivity index is 2.04. The topological polar surface area (TPSA) is 78.4 Å². The van der Waals surface area contributed by atoms with Crippen LogP contribution in [-0.2, 0) is 0 Å². The van der Waals surface area contributed by atoms with Gasteiger partial charge in [-0.3, -0.25) is 10.1 Å². The molecule has 0 bridgehead atoms. The molecule has 1 aliphatic rings. The van der Waals surface area contributed by atoms with Gasteiger partial charge in [-0.2, -0.15) is 0 Å². The minimum Gasteiger partial charge on any atom is -0.490 e. The molecule has 0 atom stereocenters. The van der Waals surface area contributed by atoms with Crippen LogP contribution in [0.2, 0.25) is 0 Å². The number of halogens is 1. The summed E-state index contributed by atoms with van der Waals surface area (Å²) in [5.41, 5.74) is 5.18. The molecule has 0 aromatic heterocycles. The Bertz CT molecular complexity index is 433. The summed E-state index contributed by atoms with van der Waals surface area (Å²) >= 11 is 0. The van der Waals surface area contributed by atoms with Crippen LogP contribution >= 0.6 is 0 Å². The Kier molecular flexibility index (Phi) is 3.23. The van der Waals surface area contributed by atoms with Gasteiger partial charge in [-0.05, 0) is 25.3 Å². The van der Waals surface area contributed by atoms with Gasteiger partial charge in [-0.25, -0.2) is 4.39 Å². The van der Waals surface area contributed by atoms with Crippen molar-refractivity contribution in [3.63, 3.8) is 0 Å². The van der Waals surface area contributed by atoms with E-state index in [9.17, 15) is 14.5 Å². The molecule has 2 rings (SSSR count). The van der Waals surface area contributed by atoms with Crippen molar-refractivity contribution in [2.75, 3.05) is 6.54 Å². The van der Waals surface area contributed by atoms with E-state index in [0.29, 0.717) is 12.5 Å². The summed E-state index contributed by atoms with van der Waals surface area (Å²) in [6, 6.07) is 3.26. The predicted octanol–water partition coefficient (Wildman–Crippen LogP) is 1.85. The molecular weight excluding hydrogens is 227 g/mol. The quantitative estimate of drug-likeness (QED) is 0.643. The van der Waals surface area contributed by atoms with Crippen molar-refractivity contribution in [2.24, 2.45) is 11.7 Å². The molecule has 0 amide bonds. The summed E-state index contributed by atoms with van der Waals surface area (Å²) < 4.78 is 18.6. The van der Waals surface area contributed by atoms with Crippen molar-refractivity contribution in [1.82, 2.24) is 0 Å². The number of benzene rings is 1. The van der Waals surface area contributed by atoms with Gasteiger partial charge in [-0.15, -0.1) is 0 Å². The van der Waals surface area contributed by atoms with Gasteiger partial charge < -0.3 is 10.5 Å². The van der Waals surface area contributed by atoms with Gasteiger partial charge in [0.15, 0.2) is 0 Å². The standard InChI is InChI=1S/C11H13FN2O3/c12-8-3-9(14(15)16)5-11(4-8)17-10-1-7(2-10)6-13/h3-5,7,10H,1-2,6,13H2. The molecule has 92 valence electrons. The number of nitro benzene ring substituents is 1. The van der Waals surface area contributed by atoms with Crippen LogP contribution in [0.15, 0.2) is 18.2 Å². The molecule has 0 aliphatic heterocycles. The van der Waals surface area contributed by atoms with Crippen LogP contribution < -0.4 is 10.5 Å². The van der Waals surface area contributed by atoms with Gasteiger partial charge in [-0.1, -0.05) is 0 Å². The van der Waals surface area contributed by atoms with Crippen molar-refractivity contribution in [1.29, 1.82) is 0 Å². The number of nitro groups is 1. The molecule has 1 saturated carbocycles. The monoisotopic (exact) mass is 240 g/mol. The number of non-ortho nitro benzene ring substituents is 1. The van der Waals surface area contributed by atoms with Crippen LogP contribution in [0.1, 0.15) is 12.8 Å². The molecule has 0 radical (unpaired) electrons. The highest BCUT2D eigenvalue weighted by Gasteiger charge is 2.30. The zero-order valence-electron chi connectivity index (χ0n) is 9.14. The molecule has 0 spiro atoms. The van der Waals surface area contributed by atoms with E-state index >= 15 is 0 Å². The largest absolute Gasteiger partial charge is 0.490 e. The minimum atomic E-state index is -0.663. The fraction of sp³-hybridized carbons (Fsp3) is 0.455. The Morgan fingerprint density at radius 3 is 2.76 bits per heavy atom. The maximum atomic E-state index is 13.1. The molecule has 0 heterocycles. The zero-order valence-corrected chi connectivity index (χ0v) is 9.14. The average molecular weight is 240 g/mol. The zero-order chi connectivity index (χ0) is 12.4. The van der Waals surface area contributed by atoms with Crippen molar-refractivity contribution in [3.05, 3.63) is 34.1 Å². The van der Waals surface area contributed by atoms with E-state index in [1.54, 1.807) is 0 Å². The Labute approximate surface area is 97.5 Å². The van der Waals surface area contributed by atoms with Crippen molar-refractivity contribution in [3.8, 4) is 5.75 Å². The lowest BCUT2D eigenvalue weighted by molar-refractivity contribution is -0.385. The summed E-state index contributed by atoms with van der Waals surface area (Å²) in [4.78, 5) is 9.90. The van der Waals surface area contributed by atoms with Gasteiger partial charge in [0.25, 0.3) is 5.69 Å². The summed E-state index contributed by atoms with van der Waals surface area (Å²) in [5, 5.41) is 10.5. The Morgan fingerprint density at radius 2 is 2.18 bits per heavy atom. The maximum absolute atomic E-state index is 13.1. The Morgan fingerprint density at radius 1 is 1.47 bits per heavy atom. The van der Waals surface area contributed by atoms with Gasteiger partial charge in [0, 0.05) is 6.07 Å². The number of hydrogen-bond acceptors (Lipinski definition) is 4. The van der Waals surface area contributed by atoms with E-state index in [-0.39, 0.29) is 17.5 Å². The first-order chi connectivity index (χ1) is 8.08. The van der Waals surface area contributed by atoms with E-state index in [1.807, 2.05) is 0 Å². The fourth-order valence-corrected chi connectivity index (χ4v) is 1.88. The van der Waals surface area contributed by atoms with Crippen LogP contribution in [0.3, 0.4) is 0 Å². The third kappa shape index (κ3) is 2.71. The van der Waals surface area contributed by atoms with Crippen LogP contribution in [-0.4, -0.2) is 17.6 Å². The SMILES string of the molecule is NCC1CC(Oc2cc(F)cc([N+](=O)[O-])c2)C1. The summed E-state index contributed by atoms with van der Waals surface area (Å²) in [5.74, 6) is -0.00962. The molecule has 1 aliphatic carbocycles. The van der Waals surface area contributed by atoms with E-state index < -0.39 is 10.7 Å². The lowest BCUT2D eigenvalue weighted by atomic mass is 9.82. The number of nitrogens with zero attached hydrogens (tertiary/aromatic N) is 1. The van der Waals surface area contributed by atoms with Gasteiger partial charge in [0.1, 0.15) is 11.6 Å². The second kappa shape index (κ2) is 4.67. The van der Waals surface area contributed by atoms with E-state index in [1.165, 1.54) is 6.07 Å². The molecule has 5 nitrogen and oxygen atoms in total. The van der Waals surface area contributed by atoms with Gasteiger partial charge in [0.2, 0.25) is 0 Å². The molecule has 0 saturated heterocycles. The van der Waals surface area contributed by atoms with Crippen molar-refractivity contribution >= 4 is 5.69 Å². The van der Waals surface area contributed by atoms with Crippen LogP contribution in [0.4, 0.5) is 10.1 Å². The second-order valence-electron chi connectivity index (χ2n) is 4.22. The smallest absolute Gasteiger partial charge is 0.276 e. The molecule has 2 N–H and O–H groups in total. The summed E-state index contributed by atoms with van der Waals surface area (Å²) in [6.45, 7) is 0.614. The number of ether oxygens (including phenoxy) is 1. The number of rotatable bonds is 4. The van der Waals surface area contributed by atoms with Crippen molar-refractivity contribution < 1.29 is 14.1 Å².